The molecule has 0 heterocycles. The molecule has 0 aliphatic carbocycles. The van der Waals surface area contributed by atoms with Crippen LogP contribution in [-0.2, 0) is 14.3 Å². The van der Waals surface area contributed by atoms with Crippen molar-refractivity contribution in [3.8, 4) is 5.75 Å². The molecule has 0 atom stereocenters. The van der Waals surface area contributed by atoms with Crippen molar-refractivity contribution in [1.29, 1.82) is 0 Å². The lowest BCUT2D eigenvalue weighted by molar-refractivity contribution is -0.149. The molecule has 0 unspecified atom stereocenters. The van der Waals surface area contributed by atoms with Crippen molar-refractivity contribution >= 4 is 17.6 Å². The first-order valence-corrected chi connectivity index (χ1v) is 7.78. The Labute approximate surface area is 141 Å². The van der Waals surface area contributed by atoms with Crippen molar-refractivity contribution in [1.82, 2.24) is 0 Å². The fourth-order valence-corrected chi connectivity index (χ4v) is 2.00. The maximum atomic E-state index is 11.7. The van der Waals surface area contributed by atoms with Crippen molar-refractivity contribution in [2.75, 3.05) is 18.5 Å². The highest BCUT2D eigenvalue weighted by molar-refractivity contribution is 5.92. The Hall–Kier alpha value is -2.82. The van der Waals surface area contributed by atoms with Crippen LogP contribution in [0.3, 0.4) is 0 Å². The average molecular weight is 327 g/mol. The summed E-state index contributed by atoms with van der Waals surface area (Å²) in [6, 6.07) is 16.5. The summed E-state index contributed by atoms with van der Waals surface area (Å²) in [4.78, 5) is 23.3. The summed E-state index contributed by atoms with van der Waals surface area (Å²) in [6.07, 6.45) is 0. The van der Waals surface area contributed by atoms with Crippen molar-refractivity contribution < 1.29 is 19.1 Å². The molecule has 5 nitrogen and oxygen atoms in total. The van der Waals surface area contributed by atoms with Crippen LogP contribution in [0.5, 0.6) is 5.75 Å². The Morgan fingerprint density at radius 3 is 2.25 bits per heavy atom. The van der Waals surface area contributed by atoms with Crippen LogP contribution in [0.2, 0.25) is 0 Å². The van der Waals surface area contributed by atoms with Crippen LogP contribution in [0, 0.1) is 0 Å². The number of nitrogens with one attached hydrogen (secondary N) is 1. The summed E-state index contributed by atoms with van der Waals surface area (Å²) in [5.41, 5.74) is 1.85. The van der Waals surface area contributed by atoms with E-state index in [0.29, 0.717) is 17.4 Å². The summed E-state index contributed by atoms with van der Waals surface area (Å²) in [5, 5.41) is 2.63. The Morgan fingerprint density at radius 2 is 1.62 bits per heavy atom. The minimum atomic E-state index is -0.592. The minimum Gasteiger partial charge on any atom is -0.482 e. The van der Waals surface area contributed by atoms with Gasteiger partial charge in [0.2, 0.25) is 0 Å². The Balaban J connectivity index is 1.70. The molecule has 0 bridgehead atoms. The van der Waals surface area contributed by atoms with E-state index in [2.05, 4.69) is 19.2 Å². The molecule has 126 valence electrons. The van der Waals surface area contributed by atoms with Crippen molar-refractivity contribution in [3.63, 3.8) is 0 Å². The van der Waals surface area contributed by atoms with Crippen molar-refractivity contribution in [2.24, 2.45) is 0 Å². The van der Waals surface area contributed by atoms with Gasteiger partial charge in [-0.1, -0.05) is 44.2 Å². The second-order valence-corrected chi connectivity index (χ2v) is 5.59. The summed E-state index contributed by atoms with van der Waals surface area (Å²) >= 11 is 0. The molecule has 2 aromatic rings. The predicted octanol–water partition coefficient (Wildman–Crippen LogP) is 3.37. The first-order chi connectivity index (χ1) is 11.5. The third-order valence-electron chi connectivity index (χ3n) is 3.33. The standard InChI is InChI=1S/C19H21NO4/c1-14(2)15-8-10-17(11-9-15)23-13-19(22)24-12-18(21)20-16-6-4-3-5-7-16/h3-11,14H,12-13H2,1-2H3,(H,20,21). The maximum Gasteiger partial charge on any atom is 0.344 e. The molecule has 0 aliphatic rings. The van der Waals surface area contributed by atoms with Crippen molar-refractivity contribution in [3.05, 3.63) is 60.2 Å². The number of hydrogen-bond donors (Lipinski definition) is 1. The lowest BCUT2D eigenvalue weighted by Crippen LogP contribution is -2.23. The Morgan fingerprint density at radius 1 is 0.958 bits per heavy atom. The van der Waals surface area contributed by atoms with E-state index >= 15 is 0 Å². The predicted molar refractivity (Wildman–Crippen MR) is 92.1 cm³/mol. The molecule has 5 heteroatoms. The number of anilines is 1. The van der Waals surface area contributed by atoms with E-state index in [1.165, 1.54) is 5.56 Å². The fourth-order valence-electron chi connectivity index (χ4n) is 2.00. The zero-order valence-electron chi connectivity index (χ0n) is 13.8. The molecule has 0 saturated carbocycles. The van der Waals surface area contributed by atoms with Gasteiger partial charge in [-0.3, -0.25) is 4.79 Å². The Kier molecular flexibility index (Phi) is 6.37. The Bertz CT molecular complexity index is 666. The molecule has 0 aromatic heterocycles. The topological polar surface area (TPSA) is 64.6 Å². The van der Waals surface area contributed by atoms with Gasteiger partial charge in [-0.25, -0.2) is 4.79 Å². The molecule has 0 fully saturated rings. The molecule has 24 heavy (non-hydrogen) atoms. The van der Waals surface area contributed by atoms with Gasteiger partial charge in [-0.15, -0.1) is 0 Å². The van der Waals surface area contributed by atoms with E-state index in [-0.39, 0.29) is 13.2 Å². The lowest BCUT2D eigenvalue weighted by atomic mass is 10.0. The molecule has 0 aliphatic heterocycles. The summed E-state index contributed by atoms with van der Waals surface area (Å²) < 4.78 is 10.2. The van der Waals surface area contributed by atoms with Gasteiger partial charge in [0.25, 0.3) is 5.91 Å². The van der Waals surface area contributed by atoms with E-state index in [4.69, 9.17) is 9.47 Å². The summed E-state index contributed by atoms with van der Waals surface area (Å²) in [6.45, 7) is 3.63. The zero-order valence-corrected chi connectivity index (χ0v) is 13.8. The highest BCUT2D eigenvalue weighted by Gasteiger charge is 2.09. The maximum absolute atomic E-state index is 11.7. The van der Waals surface area contributed by atoms with Gasteiger partial charge in [0.15, 0.2) is 13.2 Å². The van der Waals surface area contributed by atoms with E-state index in [1.54, 1.807) is 24.3 Å². The number of para-hydroxylation sites is 1. The second kappa shape index (κ2) is 8.72. The number of carbonyl (C=O) groups is 2. The van der Waals surface area contributed by atoms with Gasteiger partial charge < -0.3 is 14.8 Å². The molecule has 0 saturated heterocycles. The van der Waals surface area contributed by atoms with Gasteiger partial charge in [-0.05, 0) is 35.7 Å². The van der Waals surface area contributed by atoms with Gasteiger partial charge in [0, 0.05) is 5.69 Å². The monoisotopic (exact) mass is 327 g/mol. The van der Waals surface area contributed by atoms with Gasteiger partial charge in [-0.2, -0.15) is 0 Å². The van der Waals surface area contributed by atoms with E-state index in [9.17, 15) is 9.59 Å². The summed E-state index contributed by atoms with van der Waals surface area (Å²) in [5.74, 6) is 0.0409. The molecule has 2 rings (SSSR count). The van der Waals surface area contributed by atoms with Crippen LogP contribution in [-0.4, -0.2) is 25.1 Å². The molecular weight excluding hydrogens is 306 g/mol. The van der Waals surface area contributed by atoms with E-state index in [0.717, 1.165) is 0 Å². The lowest BCUT2D eigenvalue weighted by Gasteiger charge is -2.09. The minimum absolute atomic E-state index is 0.236. The van der Waals surface area contributed by atoms with Gasteiger partial charge >= 0.3 is 5.97 Å². The van der Waals surface area contributed by atoms with Gasteiger partial charge in [0.1, 0.15) is 5.75 Å². The normalized spacial score (nSPS) is 10.3. The first-order valence-electron chi connectivity index (χ1n) is 7.78. The zero-order chi connectivity index (χ0) is 17.4. The number of esters is 1. The van der Waals surface area contributed by atoms with E-state index < -0.39 is 11.9 Å². The van der Waals surface area contributed by atoms with Crippen LogP contribution in [0.25, 0.3) is 0 Å². The average Bonchev–Trinajstić information content (AvgIpc) is 2.59. The molecular formula is C19H21NO4. The van der Waals surface area contributed by atoms with Crippen LogP contribution in [0.1, 0.15) is 25.3 Å². The van der Waals surface area contributed by atoms with Crippen LogP contribution < -0.4 is 10.1 Å². The number of rotatable bonds is 7. The number of ether oxygens (including phenoxy) is 2. The van der Waals surface area contributed by atoms with E-state index in [1.807, 2.05) is 30.3 Å². The molecule has 1 N–H and O–H groups in total. The second-order valence-electron chi connectivity index (χ2n) is 5.59. The van der Waals surface area contributed by atoms with Crippen LogP contribution >= 0.6 is 0 Å². The molecule has 2 aromatic carbocycles. The fraction of sp³-hybridized carbons (Fsp3) is 0.263. The SMILES string of the molecule is CC(C)c1ccc(OCC(=O)OCC(=O)Nc2ccccc2)cc1. The number of amides is 1. The number of hydrogen-bond acceptors (Lipinski definition) is 4. The first kappa shape index (κ1) is 17.5. The number of benzene rings is 2. The van der Waals surface area contributed by atoms with Crippen molar-refractivity contribution in [2.45, 2.75) is 19.8 Å². The van der Waals surface area contributed by atoms with Gasteiger partial charge in [0.05, 0.1) is 0 Å². The number of carbonyl (C=O) groups excluding carboxylic acids is 2. The van der Waals surface area contributed by atoms with Crippen LogP contribution in [0.15, 0.2) is 54.6 Å². The highest BCUT2D eigenvalue weighted by atomic mass is 16.6. The third-order valence-corrected chi connectivity index (χ3v) is 3.33. The smallest absolute Gasteiger partial charge is 0.344 e. The third kappa shape index (κ3) is 5.76. The molecule has 0 radical (unpaired) electrons. The summed E-state index contributed by atoms with van der Waals surface area (Å²) in [7, 11) is 0. The quantitative estimate of drug-likeness (QED) is 0.792. The molecule has 1 amide bonds. The van der Waals surface area contributed by atoms with Crippen LogP contribution in [0.4, 0.5) is 5.69 Å². The largest absolute Gasteiger partial charge is 0.482 e. The highest BCUT2D eigenvalue weighted by Crippen LogP contribution is 2.18. The molecule has 0 spiro atoms.